The van der Waals surface area contributed by atoms with Crippen LogP contribution in [0.2, 0.25) is 0 Å². The second-order valence-electron chi connectivity index (χ2n) is 6.06. The first-order valence-corrected chi connectivity index (χ1v) is 9.66. The number of halogens is 1. The van der Waals surface area contributed by atoms with Gasteiger partial charge in [-0.05, 0) is 64.6 Å². The number of hydrogen-bond donors (Lipinski definition) is 2. The van der Waals surface area contributed by atoms with E-state index in [1.165, 1.54) is 0 Å². The van der Waals surface area contributed by atoms with E-state index in [0.29, 0.717) is 5.56 Å². The summed E-state index contributed by atoms with van der Waals surface area (Å²) in [5.41, 5.74) is 2.19. The van der Waals surface area contributed by atoms with Crippen LogP contribution in [0.3, 0.4) is 0 Å². The predicted molar refractivity (Wildman–Crippen MR) is 115 cm³/mol. The van der Waals surface area contributed by atoms with Gasteiger partial charge in [-0.25, -0.2) is 0 Å². The highest BCUT2D eigenvalue weighted by atomic mass is 127. The third-order valence-electron chi connectivity index (χ3n) is 4.06. The van der Waals surface area contributed by atoms with E-state index >= 15 is 0 Å². The molecule has 1 atom stereocenters. The van der Waals surface area contributed by atoms with Crippen LogP contribution in [-0.4, -0.2) is 11.8 Å². The maximum absolute atomic E-state index is 12.6. The normalized spacial score (nSPS) is 11.4. The molecular formula is C22H19IN2O2. The van der Waals surface area contributed by atoms with Crippen LogP contribution in [0.25, 0.3) is 0 Å². The van der Waals surface area contributed by atoms with Gasteiger partial charge in [0, 0.05) is 14.8 Å². The first-order valence-electron chi connectivity index (χ1n) is 8.58. The number of amides is 2. The van der Waals surface area contributed by atoms with Crippen LogP contribution in [0.5, 0.6) is 0 Å². The van der Waals surface area contributed by atoms with Crippen LogP contribution in [0, 0.1) is 3.57 Å². The van der Waals surface area contributed by atoms with Crippen LogP contribution in [0.4, 0.5) is 5.69 Å². The summed E-state index contributed by atoms with van der Waals surface area (Å²) in [6.07, 6.45) is 0.147. The molecule has 0 bridgehead atoms. The number of carbonyl (C=O) groups excluding carboxylic acids is 2. The molecule has 0 aliphatic rings. The Balaban J connectivity index is 1.73. The Bertz CT molecular complexity index is 897. The zero-order chi connectivity index (χ0) is 19.1. The summed E-state index contributed by atoms with van der Waals surface area (Å²) < 4.78 is 1.10. The van der Waals surface area contributed by atoms with E-state index in [-0.39, 0.29) is 18.2 Å². The van der Waals surface area contributed by atoms with Gasteiger partial charge in [0.1, 0.15) is 0 Å². The van der Waals surface area contributed by atoms with Crippen molar-refractivity contribution in [2.24, 2.45) is 0 Å². The molecule has 27 heavy (non-hydrogen) atoms. The Morgan fingerprint density at radius 1 is 0.815 bits per heavy atom. The lowest BCUT2D eigenvalue weighted by molar-refractivity contribution is -0.116. The van der Waals surface area contributed by atoms with Gasteiger partial charge in [-0.1, -0.05) is 48.5 Å². The molecular weight excluding hydrogens is 451 g/mol. The van der Waals surface area contributed by atoms with E-state index in [9.17, 15) is 9.59 Å². The smallest absolute Gasteiger partial charge is 0.251 e. The molecule has 0 aliphatic carbocycles. The van der Waals surface area contributed by atoms with Crippen molar-refractivity contribution in [1.29, 1.82) is 0 Å². The van der Waals surface area contributed by atoms with Crippen LogP contribution < -0.4 is 10.6 Å². The van der Waals surface area contributed by atoms with Gasteiger partial charge in [0.05, 0.1) is 12.5 Å². The van der Waals surface area contributed by atoms with Crippen molar-refractivity contribution in [2.75, 3.05) is 5.32 Å². The fourth-order valence-electron chi connectivity index (χ4n) is 2.70. The molecule has 3 rings (SSSR count). The van der Waals surface area contributed by atoms with Crippen molar-refractivity contribution >= 4 is 40.1 Å². The molecule has 0 radical (unpaired) electrons. The standard InChI is InChI=1S/C22H19IN2O2/c23-18-11-13-19(14-12-18)24-21(26)15-20(16-7-3-1-4-8-16)25-22(27)17-9-5-2-6-10-17/h1-14,20H,15H2,(H,24,26)(H,25,27)/t20-/m0/s1. The Morgan fingerprint density at radius 2 is 1.41 bits per heavy atom. The van der Waals surface area contributed by atoms with Crippen LogP contribution in [0.15, 0.2) is 84.9 Å². The van der Waals surface area contributed by atoms with Crippen molar-refractivity contribution in [3.8, 4) is 0 Å². The molecule has 0 saturated heterocycles. The summed E-state index contributed by atoms with van der Waals surface area (Å²) in [5, 5.41) is 5.86. The lowest BCUT2D eigenvalue weighted by atomic mass is 10.0. The minimum absolute atomic E-state index is 0.147. The molecule has 2 amide bonds. The average molecular weight is 470 g/mol. The number of hydrogen-bond acceptors (Lipinski definition) is 2. The molecule has 2 N–H and O–H groups in total. The van der Waals surface area contributed by atoms with Gasteiger partial charge >= 0.3 is 0 Å². The monoisotopic (exact) mass is 470 g/mol. The van der Waals surface area contributed by atoms with E-state index in [1.807, 2.05) is 72.8 Å². The fourth-order valence-corrected chi connectivity index (χ4v) is 3.06. The van der Waals surface area contributed by atoms with Gasteiger partial charge in [-0.3, -0.25) is 9.59 Å². The van der Waals surface area contributed by atoms with Crippen LogP contribution in [-0.2, 0) is 4.79 Å². The van der Waals surface area contributed by atoms with Crippen molar-refractivity contribution in [3.05, 3.63) is 99.6 Å². The zero-order valence-corrected chi connectivity index (χ0v) is 16.7. The highest BCUT2D eigenvalue weighted by Gasteiger charge is 2.19. The fraction of sp³-hybridized carbons (Fsp3) is 0.0909. The molecule has 3 aromatic carbocycles. The molecule has 0 spiro atoms. The summed E-state index contributed by atoms with van der Waals surface area (Å²) in [4.78, 5) is 25.1. The molecule has 0 aliphatic heterocycles. The predicted octanol–water partition coefficient (Wildman–Crippen LogP) is 4.79. The SMILES string of the molecule is O=C(C[C@H](NC(=O)c1ccccc1)c1ccccc1)Nc1ccc(I)cc1. The highest BCUT2D eigenvalue weighted by molar-refractivity contribution is 14.1. The van der Waals surface area contributed by atoms with Gasteiger partial charge in [0.2, 0.25) is 5.91 Å². The second kappa shape index (κ2) is 9.32. The molecule has 0 saturated carbocycles. The minimum Gasteiger partial charge on any atom is -0.345 e. The molecule has 0 aromatic heterocycles. The van der Waals surface area contributed by atoms with Gasteiger partial charge in [-0.2, -0.15) is 0 Å². The maximum atomic E-state index is 12.6. The molecule has 0 fully saturated rings. The Kier molecular flexibility index (Phi) is 6.59. The quantitative estimate of drug-likeness (QED) is 0.509. The van der Waals surface area contributed by atoms with E-state index in [1.54, 1.807) is 12.1 Å². The molecule has 0 unspecified atom stereocenters. The number of rotatable bonds is 6. The van der Waals surface area contributed by atoms with E-state index in [4.69, 9.17) is 0 Å². The topological polar surface area (TPSA) is 58.2 Å². The van der Waals surface area contributed by atoms with Gasteiger partial charge in [0.25, 0.3) is 5.91 Å². The largest absolute Gasteiger partial charge is 0.345 e. The molecule has 4 nitrogen and oxygen atoms in total. The van der Waals surface area contributed by atoms with E-state index < -0.39 is 6.04 Å². The summed E-state index contributed by atoms with van der Waals surface area (Å²) in [6.45, 7) is 0. The first kappa shape index (κ1) is 19.1. The van der Waals surface area contributed by atoms with Crippen molar-refractivity contribution < 1.29 is 9.59 Å². The van der Waals surface area contributed by atoms with E-state index in [0.717, 1.165) is 14.8 Å². The zero-order valence-electron chi connectivity index (χ0n) is 14.6. The van der Waals surface area contributed by atoms with Crippen LogP contribution >= 0.6 is 22.6 Å². The minimum atomic E-state index is -0.414. The highest BCUT2D eigenvalue weighted by Crippen LogP contribution is 2.19. The third kappa shape index (κ3) is 5.65. The maximum Gasteiger partial charge on any atom is 0.251 e. The van der Waals surface area contributed by atoms with Crippen molar-refractivity contribution in [1.82, 2.24) is 5.32 Å². The molecule has 3 aromatic rings. The Morgan fingerprint density at radius 3 is 2.04 bits per heavy atom. The third-order valence-corrected chi connectivity index (χ3v) is 4.78. The summed E-state index contributed by atoms with van der Waals surface area (Å²) in [6, 6.07) is 25.7. The number of benzene rings is 3. The summed E-state index contributed by atoms with van der Waals surface area (Å²) >= 11 is 2.22. The van der Waals surface area contributed by atoms with Crippen molar-refractivity contribution in [2.45, 2.75) is 12.5 Å². The van der Waals surface area contributed by atoms with Crippen molar-refractivity contribution in [3.63, 3.8) is 0 Å². The lowest BCUT2D eigenvalue weighted by Crippen LogP contribution is -2.31. The molecule has 5 heteroatoms. The first-order chi connectivity index (χ1) is 13.1. The van der Waals surface area contributed by atoms with E-state index in [2.05, 4.69) is 33.2 Å². The molecule has 0 heterocycles. The number of nitrogens with one attached hydrogen (secondary N) is 2. The molecule has 136 valence electrons. The summed E-state index contributed by atoms with van der Waals surface area (Å²) in [7, 11) is 0. The van der Waals surface area contributed by atoms with Gasteiger partial charge < -0.3 is 10.6 Å². The van der Waals surface area contributed by atoms with Gasteiger partial charge in [-0.15, -0.1) is 0 Å². The second-order valence-corrected chi connectivity index (χ2v) is 7.31. The number of anilines is 1. The summed E-state index contributed by atoms with van der Waals surface area (Å²) in [5.74, 6) is -0.357. The lowest BCUT2D eigenvalue weighted by Gasteiger charge is -2.19. The van der Waals surface area contributed by atoms with Gasteiger partial charge in [0.15, 0.2) is 0 Å². The average Bonchev–Trinajstić information content (AvgIpc) is 2.70. The Labute approximate surface area is 172 Å². The number of carbonyl (C=O) groups is 2. The van der Waals surface area contributed by atoms with Crippen LogP contribution in [0.1, 0.15) is 28.4 Å². The Hall–Kier alpha value is -2.67.